The van der Waals surface area contributed by atoms with Crippen molar-refractivity contribution in [2.24, 2.45) is 0 Å². The summed E-state index contributed by atoms with van der Waals surface area (Å²) in [5.74, 6) is 0.196. The van der Waals surface area contributed by atoms with Crippen LogP contribution in [0.15, 0.2) is 28.9 Å². The molecule has 2 aromatic rings. The molecule has 1 heterocycles. The molecule has 2 N–H and O–H groups in total. The van der Waals surface area contributed by atoms with Crippen LogP contribution < -0.4 is 0 Å². The molecule has 0 saturated carbocycles. The fourth-order valence-electron chi connectivity index (χ4n) is 1.52. The van der Waals surface area contributed by atoms with Crippen molar-refractivity contribution in [3.63, 3.8) is 0 Å². The van der Waals surface area contributed by atoms with E-state index in [0.717, 1.165) is 15.6 Å². The number of halogens is 1. The van der Waals surface area contributed by atoms with Crippen LogP contribution in [0.3, 0.4) is 0 Å². The van der Waals surface area contributed by atoms with Crippen LogP contribution in [0.25, 0.3) is 10.9 Å². The molecule has 2 nitrogen and oxygen atoms in total. The maximum Gasteiger partial charge on any atom is 0.0497 e. The zero-order valence-corrected chi connectivity index (χ0v) is 9.51. The number of rotatable bonds is 2. The molecule has 1 aromatic heterocycles. The maximum absolute atomic E-state index is 9.05. The van der Waals surface area contributed by atoms with Crippen molar-refractivity contribution >= 4 is 26.8 Å². The third-order valence-electron chi connectivity index (χ3n) is 2.50. The van der Waals surface area contributed by atoms with Gasteiger partial charge in [0.2, 0.25) is 0 Å². The molecule has 1 unspecified atom stereocenters. The van der Waals surface area contributed by atoms with Crippen LogP contribution in [0.1, 0.15) is 18.4 Å². The SMILES string of the molecule is CC(CO)c1ccc2c(Br)c[nH]c2c1. The first-order chi connectivity index (χ1) is 6.72. The molecule has 0 spiro atoms. The molecule has 0 aliphatic rings. The Morgan fingerprint density at radius 1 is 1.50 bits per heavy atom. The van der Waals surface area contributed by atoms with E-state index in [9.17, 15) is 0 Å². The molecule has 0 bridgehead atoms. The summed E-state index contributed by atoms with van der Waals surface area (Å²) >= 11 is 3.46. The molecule has 0 amide bonds. The van der Waals surface area contributed by atoms with Crippen molar-refractivity contribution in [1.82, 2.24) is 4.98 Å². The molecule has 0 saturated heterocycles. The first-order valence-electron chi connectivity index (χ1n) is 4.59. The Balaban J connectivity index is 2.52. The molecule has 74 valence electrons. The van der Waals surface area contributed by atoms with Crippen LogP contribution in [0.4, 0.5) is 0 Å². The predicted octanol–water partition coefficient (Wildman–Crippen LogP) is 3.03. The number of aliphatic hydroxyl groups excluding tert-OH is 1. The fourth-order valence-corrected chi connectivity index (χ4v) is 1.98. The Hall–Kier alpha value is -0.800. The van der Waals surface area contributed by atoms with Crippen molar-refractivity contribution in [3.05, 3.63) is 34.4 Å². The van der Waals surface area contributed by atoms with Crippen molar-refractivity contribution in [2.75, 3.05) is 6.61 Å². The van der Waals surface area contributed by atoms with Crippen LogP contribution in [0.2, 0.25) is 0 Å². The summed E-state index contributed by atoms with van der Waals surface area (Å²) in [5.41, 5.74) is 2.27. The van der Waals surface area contributed by atoms with E-state index in [1.54, 1.807) is 0 Å². The Morgan fingerprint density at radius 3 is 3.00 bits per heavy atom. The van der Waals surface area contributed by atoms with E-state index in [2.05, 4.69) is 39.1 Å². The molecule has 0 fully saturated rings. The lowest BCUT2D eigenvalue weighted by atomic mass is 10.0. The van der Waals surface area contributed by atoms with E-state index < -0.39 is 0 Å². The Kier molecular flexibility index (Phi) is 2.61. The molecule has 1 aromatic carbocycles. The van der Waals surface area contributed by atoms with Gasteiger partial charge in [0.15, 0.2) is 0 Å². The largest absolute Gasteiger partial charge is 0.396 e. The highest BCUT2D eigenvalue weighted by Gasteiger charge is 2.06. The number of hydrogen-bond donors (Lipinski definition) is 2. The number of H-pyrrole nitrogens is 1. The Bertz CT molecular complexity index is 449. The molecule has 2 rings (SSSR count). The summed E-state index contributed by atoms with van der Waals surface area (Å²) in [7, 11) is 0. The number of benzene rings is 1. The average Bonchev–Trinajstić information content (AvgIpc) is 2.59. The first-order valence-corrected chi connectivity index (χ1v) is 5.39. The minimum absolute atomic E-state index is 0.188. The molecule has 0 aliphatic heterocycles. The highest BCUT2D eigenvalue weighted by molar-refractivity contribution is 9.10. The average molecular weight is 254 g/mol. The second kappa shape index (κ2) is 3.75. The smallest absolute Gasteiger partial charge is 0.0497 e. The molecule has 14 heavy (non-hydrogen) atoms. The third-order valence-corrected chi connectivity index (χ3v) is 3.15. The standard InChI is InChI=1S/C11H12BrNO/c1-7(6-14)8-2-3-9-10(12)5-13-11(9)4-8/h2-5,7,13-14H,6H2,1H3. The van der Waals surface area contributed by atoms with Gasteiger partial charge in [-0.25, -0.2) is 0 Å². The van der Waals surface area contributed by atoms with Gasteiger partial charge in [-0.15, -0.1) is 0 Å². The van der Waals surface area contributed by atoms with Gasteiger partial charge in [-0.2, -0.15) is 0 Å². The van der Waals surface area contributed by atoms with Gasteiger partial charge in [-0.1, -0.05) is 19.1 Å². The summed E-state index contributed by atoms with van der Waals surface area (Å²) in [6.45, 7) is 2.20. The fraction of sp³-hybridized carbons (Fsp3) is 0.273. The highest BCUT2D eigenvalue weighted by Crippen LogP contribution is 2.26. The topological polar surface area (TPSA) is 36.0 Å². The minimum atomic E-state index is 0.188. The number of fused-ring (bicyclic) bond motifs is 1. The summed E-state index contributed by atoms with van der Waals surface area (Å²) in [4.78, 5) is 3.18. The third kappa shape index (κ3) is 1.57. The normalized spacial score (nSPS) is 13.4. The van der Waals surface area contributed by atoms with Crippen molar-refractivity contribution in [2.45, 2.75) is 12.8 Å². The molecular formula is C11H12BrNO. The van der Waals surface area contributed by atoms with Gasteiger partial charge in [0.25, 0.3) is 0 Å². The van der Waals surface area contributed by atoms with Crippen LogP contribution in [-0.2, 0) is 0 Å². The van der Waals surface area contributed by atoms with Crippen LogP contribution in [0.5, 0.6) is 0 Å². The Labute approximate surface area is 91.1 Å². The lowest BCUT2D eigenvalue weighted by Crippen LogP contribution is -1.98. The van der Waals surface area contributed by atoms with E-state index >= 15 is 0 Å². The van der Waals surface area contributed by atoms with Crippen molar-refractivity contribution < 1.29 is 5.11 Å². The maximum atomic E-state index is 9.05. The van der Waals surface area contributed by atoms with Gasteiger partial charge in [-0.05, 0) is 27.6 Å². The lowest BCUT2D eigenvalue weighted by Gasteiger charge is -2.07. The van der Waals surface area contributed by atoms with Gasteiger partial charge in [0.05, 0.1) is 0 Å². The van der Waals surface area contributed by atoms with Gasteiger partial charge < -0.3 is 10.1 Å². The van der Waals surface area contributed by atoms with Gasteiger partial charge >= 0.3 is 0 Å². The van der Waals surface area contributed by atoms with E-state index in [0.29, 0.717) is 0 Å². The number of hydrogen-bond acceptors (Lipinski definition) is 1. The molecule has 0 aliphatic carbocycles. The molecular weight excluding hydrogens is 242 g/mol. The van der Waals surface area contributed by atoms with Gasteiger partial charge in [0, 0.05) is 34.1 Å². The summed E-state index contributed by atoms with van der Waals surface area (Å²) in [6, 6.07) is 6.21. The van der Waals surface area contributed by atoms with Crippen LogP contribution in [-0.4, -0.2) is 16.7 Å². The van der Waals surface area contributed by atoms with Crippen molar-refractivity contribution in [3.8, 4) is 0 Å². The zero-order chi connectivity index (χ0) is 10.1. The number of nitrogens with one attached hydrogen (secondary N) is 1. The molecule has 3 heteroatoms. The molecule has 0 radical (unpaired) electrons. The minimum Gasteiger partial charge on any atom is -0.396 e. The van der Waals surface area contributed by atoms with E-state index in [-0.39, 0.29) is 12.5 Å². The van der Waals surface area contributed by atoms with Gasteiger partial charge in [-0.3, -0.25) is 0 Å². The van der Waals surface area contributed by atoms with Gasteiger partial charge in [0.1, 0.15) is 0 Å². The number of aromatic nitrogens is 1. The summed E-state index contributed by atoms with van der Waals surface area (Å²) in [5, 5.41) is 10.2. The second-order valence-electron chi connectivity index (χ2n) is 3.53. The first kappa shape index (κ1) is 9.74. The lowest BCUT2D eigenvalue weighted by molar-refractivity contribution is 0.273. The number of aliphatic hydroxyl groups is 1. The number of aromatic amines is 1. The monoisotopic (exact) mass is 253 g/mol. The van der Waals surface area contributed by atoms with Crippen LogP contribution in [0, 0.1) is 0 Å². The summed E-state index contributed by atoms with van der Waals surface area (Å²) in [6.07, 6.45) is 1.93. The highest BCUT2D eigenvalue weighted by atomic mass is 79.9. The molecule has 1 atom stereocenters. The zero-order valence-electron chi connectivity index (χ0n) is 7.92. The quantitative estimate of drug-likeness (QED) is 0.849. The second-order valence-corrected chi connectivity index (χ2v) is 4.38. The van der Waals surface area contributed by atoms with E-state index in [1.165, 1.54) is 5.39 Å². The summed E-state index contributed by atoms with van der Waals surface area (Å²) < 4.78 is 1.08. The van der Waals surface area contributed by atoms with Crippen molar-refractivity contribution in [1.29, 1.82) is 0 Å². The van der Waals surface area contributed by atoms with E-state index in [1.807, 2.05) is 13.1 Å². The van der Waals surface area contributed by atoms with Crippen LogP contribution >= 0.6 is 15.9 Å². The Morgan fingerprint density at radius 2 is 2.29 bits per heavy atom. The van der Waals surface area contributed by atoms with E-state index in [4.69, 9.17) is 5.11 Å². The predicted molar refractivity (Wildman–Crippen MR) is 61.5 cm³/mol.